The molecule has 108 valence electrons. The number of alkyl halides is 1. The van der Waals surface area contributed by atoms with E-state index in [1.165, 1.54) is 0 Å². The van der Waals surface area contributed by atoms with Crippen LogP contribution in [0.2, 0.25) is 0 Å². The fourth-order valence-electron chi connectivity index (χ4n) is 1.54. The SMILES string of the molecule is COc1cc(OC)cc(OCc2nnc(CCCl)o2)c1. The Morgan fingerprint density at radius 2 is 1.60 bits per heavy atom. The van der Waals surface area contributed by atoms with Crippen molar-refractivity contribution in [2.24, 2.45) is 0 Å². The lowest BCUT2D eigenvalue weighted by molar-refractivity contribution is 0.256. The molecule has 1 aromatic heterocycles. The van der Waals surface area contributed by atoms with E-state index in [2.05, 4.69) is 10.2 Å². The fraction of sp³-hybridized carbons (Fsp3) is 0.385. The highest BCUT2D eigenvalue weighted by Gasteiger charge is 2.08. The van der Waals surface area contributed by atoms with Crippen LogP contribution in [0.5, 0.6) is 17.2 Å². The molecule has 2 aromatic rings. The molecule has 0 amide bonds. The van der Waals surface area contributed by atoms with Crippen molar-refractivity contribution in [3.8, 4) is 17.2 Å². The van der Waals surface area contributed by atoms with Gasteiger partial charge in [-0.15, -0.1) is 21.8 Å². The van der Waals surface area contributed by atoms with Gasteiger partial charge in [0.25, 0.3) is 5.89 Å². The molecule has 0 aliphatic heterocycles. The first-order chi connectivity index (χ1) is 9.75. The van der Waals surface area contributed by atoms with E-state index in [0.29, 0.717) is 41.3 Å². The summed E-state index contributed by atoms with van der Waals surface area (Å²) >= 11 is 5.60. The molecule has 0 atom stereocenters. The van der Waals surface area contributed by atoms with Gasteiger partial charge in [0.05, 0.1) is 14.2 Å². The molecule has 1 heterocycles. The van der Waals surface area contributed by atoms with Crippen molar-refractivity contribution >= 4 is 11.6 Å². The molecule has 6 nitrogen and oxygen atoms in total. The minimum atomic E-state index is 0.172. The maximum absolute atomic E-state index is 5.60. The van der Waals surface area contributed by atoms with Crippen LogP contribution in [-0.2, 0) is 13.0 Å². The normalized spacial score (nSPS) is 10.3. The standard InChI is InChI=1S/C13H15ClN2O4/c1-17-9-5-10(18-2)7-11(6-9)19-8-13-16-15-12(20-13)3-4-14/h5-7H,3-4,8H2,1-2H3. The van der Waals surface area contributed by atoms with E-state index >= 15 is 0 Å². The van der Waals surface area contributed by atoms with E-state index in [1.54, 1.807) is 32.4 Å². The molecule has 2 rings (SSSR count). The summed E-state index contributed by atoms with van der Waals surface area (Å²) in [7, 11) is 3.16. The van der Waals surface area contributed by atoms with Crippen LogP contribution in [0.1, 0.15) is 11.8 Å². The van der Waals surface area contributed by atoms with Crippen molar-refractivity contribution in [1.29, 1.82) is 0 Å². The van der Waals surface area contributed by atoms with E-state index in [1.807, 2.05) is 0 Å². The Morgan fingerprint density at radius 3 is 2.20 bits per heavy atom. The highest BCUT2D eigenvalue weighted by Crippen LogP contribution is 2.27. The molecule has 0 saturated carbocycles. The van der Waals surface area contributed by atoms with Crippen molar-refractivity contribution in [1.82, 2.24) is 10.2 Å². The monoisotopic (exact) mass is 298 g/mol. The number of benzene rings is 1. The van der Waals surface area contributed by atoms with Crippen molar-refractivity contribution in [3.63, 3.8) is 0 Å². The predicted octanol–water partition coefficient (Wildman–Crippen LogP) is 2.45. The predicted molar refractivity (Wildman–Crippen MR) is 72.6 cm³/mol. The minimum Gasteiger partial charge on any atom is -0.496 e. The Morgan fingerprint density at radius 1 is 1.00 bits per heavy atom. The Hall–Kier alpha value is -1.95. The molecular formula is C13H15ClN2O4. The van der Waals surface area contributed by atoms with Crippen molar-refractivity contribution < 1.29 is 18.6 Å². The first kappa shape index (κ1) is 14.5. The smallest absolute Gasteiger partial charge is 0.253 e. The van der Waals surface area contributed by atoms with Crippen LogP contribution in [-0.4, -0.2) is 30.3 Å². The third-order valence-electron chi connectivity index (χ3n) is 2.50. The Kier molecular flexibility index (Phi) is 5.06. The van der Waals surface area contributed by atoms with Crippen molar-refractivity contribution in [2.45, 2.75) is 13.0 Å². The highest BCUT2D eigenvalue weighted by molar-refractivity contribution is 6.17. The van der Waals surface area contributed by atoms with E-state index < -0.39 is 0 Å². The third-order valence-corrected chi connectivity index (χ3v) is 2.69. The van der Waals surface area contributed by atoms with Crippen LogP contribution >= 0.6 is 11.6 Å². The highest BCUT2D eigenvalue weighted by atomic mass is 35.5. The fourth-order valence-corrected chi connectivity index (χ4v) is 1.70. The van der Waals surface area contributed by atoms with Gasteiger partial charge in [0.2, 0.25) is 5.89 Å². The van der Waals surface area contributed by atoms with Crippen LogP contribution in [0.4, 0.5) is 0 Å². The zero-order chi connectivity index (χ0) is 14.4. The zero-order valence-electron chi connectivity index (χ0n) is 11.3. The van der Waals surface area contributed by atoms with Gasteiger partial charge in [0, 0.05) is 30.5 Å². The number of nitrogens with zero attached hydrogens (tertiary/aromatic N) is 2. The number of rotatable bonds is 7. The summed E-state index contributed by atoms with van der Waals surface area (Å²) in [4.78, 5) is 0. The molecule has 0 saturated heterocycles. The Bertz CT molecular complexity index is 537. The summed E-state index contributed by atoms with van der Waals surface area (Å²) in [5.41, 5.74) is 0. The molecular weight excluding hydrogens is 284 g/mol. The molecule has 0 spiro atoms. The average Bonchev–Trinajstić information content (AvgIpc) is 2.93. The lowest BCUT2D eigenvalue weighted by Crippen LogP contribution is -1.97. The molecule has 0 aliphatic rings. The van der Waals surface area contributed by atoms with Crippen LogP contribution in [0.25, 0.3) is 0 Å². The Labute approximate surface area is 121 Å². The zero-order valence-corrected chi connectivity index (χ0v) is 12.0. The lowest BCUT2D eigenvalue weighted by atomic mass is 10.3. The summed E-state index contributed by atoms with van der Waals surface area (Å²) < 4.78 is 21.3. The van der Waals surface area contributed by atoms with E-state index in [0.717, 1.165) is 0 Å². The number of ether oxygens (including phenoxy) is 3. The minimum absolute atomic E-state index is 0.172. The quantitative estimate of drug-likeness (QED) is 0.732. The van der Waals surface area contributed by atoms with Gasteiger partial charge in [-0.25, -0.2) is 0 Å². The van der Waals surface area contributed by atoms with Crippen molar-refractivity contribution in [2.75, 3.05) is 20.1 Å². The molecule has 0 aliphatic carbocycles. The molecule has 0 radical (unpaired) electrons. The van der Waals surface area contributed by atoms with Crippen LogP contribution < -0.4 is 14.2 Å². The molecule has 0 fully saturated rings. The second-order valence-corrected chi connectivity index (χ2v) is 4.24. The number of methoxy groups -OCH3 is 2. The largest absolute Gasteiger partial charge is 0.496 e. The molecule has 1 aromatic carbocycles. The van der Waals surface area contributed by atoms with Gasteiger partial charge >= 0.3 is 0 Å². The van der Waals surface area contributed by atoms with E-state index in [9.17, 15) is 0 Å². The second kappa shape index (κ2) is 7.00. The van der Waals surface area contributed by atoms with Gasteiger partial charge < -0.3 is 18.6 Å². The summed E-state index contributed by atoms with van der Waals surface area (Å²) in [6.07, 6.45) is 0.543. The summed E-state index contributed by atoms with van der Waals surface area (Å²) in [5, 5.41) is 7.73. The van der Waals surface area contributed by atoms with Gasteiger partial charge in [0.15, 0.2) is 6.61 Å². The molecule has 7 heteroatoms. The average molecular weight is 299 g/mol. The van der Waals surface area contributed by atoms with Gasteiger partial charge in [0.1, 0.15) is 17.2 Å². The maximum Gasteiger partial charge on any atom is 0.253 e. The second-order valence-electron chi connectivity index (χ2n) is 3.87. The van der Waals surface area contributed by atoms with Crippen molar-refractivity contribution in [3.05, 3.63) is 30.0 Å². The lowest BCUT2D eigenvalue weighted by Gasteiger charge is -2.08. The van der Waals surface area contributed by atoms with Crippen LogP contribution in [0.15, 0.2) is 22.6 Å². The number of hydrogen-bond acceptors (Lipinski definition) is 6. The topological polar surface area (TPSA) is 66.6 Å². The van der Waals surface area contributed by atoms with Gasteiger partial charge in [-0.1, -0.05) is 0 Å². The molecule has 0 N–H and O–H groups in total. The summed E-state index contributed by atoms with van der Waals surface area (Å²) in [6, 6.07) is 5.26. The molecule has 20 heavy (non-hydrogen) atoms. The van der Waals surface area contributed by atoms with E-state index in [-0.39, 0.29) is 6.61 Å². The number of hydrogen-bond donors (Lipinski definition) is 0. The van der Waals surface area contributed by atoms with Gasteiger partial charge in [-0.2, -0.15) is 0 Å². The summed E-state index contributed by atoms with van der Waals surface area (Å²) in [6.45, 7) is 0.172. The molecule has 0 unspecified atom stereocenters. The van der Waals surface area contributed by atoms with Crippen LogP contribution in [0.3, 0.4) is 0 Å². The first-order valence-corrected chi connectivity index (χ1v) is 6.51. The summed E-state index contributed by atoms with van der Waals surface area (Å²) in [5.74, 6) is 3.22. The van der Waals surface area contributed by atoms with Crippen LogP contribution in [0, 0.1) is 0 Å². The molecule has 0 bridgehead atoms. The maximum atomic E-state index is 5.60. The number of aromatic nitrogens is 2. The Balaban J connectivity index is 2.02. The van der Waals surface area contributed by atoms with Gasteiger partial charge in [-0.3, -0.25) is 0 Å². The number of aryl methyl sites for hydroxylation is 1. The first-order valence-electron chi connectivity index (χ1n) is 5.98. The van der Waals surface area contributed by atoms with E-state index in [4.69, 9.17) is 30.2 Å². The number of halogens is 1. The third kappa shape index (κ3) is 3.77. The van der Waals surface area contributed by atoms with Gasteiger partial charge in [-0.05, 0) is 0 Å².